The first-order valence-corrected chi connectivity index (χ1v) is 8.61. The highest BCUT2D eigenvalue weighted by Gasteiger charge is 2.12. The van der Waals surface area contributed by atoms with Crippen molar-refractivity contribution in [1.29, 1.82) is 0 Å². The molecule has 8 nitrogen and oxygen atoms in total. The molecule has 1 aromatic carbocycles. The Balaban J connectivity index is 1.71. The highest BCUT2D eigenvalue weighted by Crippen LogP contribution is 2.22. The molecule has 0 saturated carbocycles. The van der Waals surface area contributed by atoms with Gasteiger partial charge in [-0.3, -0.25) is 14.5 Å². The summed E-state index contributed by atoms with van der Waals surface area (Å²) in [5, 5.41) is 9.80. The van der Waals surface area contributed by atoms with Gasteiger partial charge in [0.1, 0.15) is 5.75 Å². The fourth-order valence-electron chi connectivity index (χ4n) is 2.54. The number of nitrogens with zero attached hydrogens (tertiary/aromatic N) is 3. The van der Waals surface area contributed by atoms with Crippen molar-refractivity contribution >= 4 is 23.9 Å². The van der Waals surface area contributed by atoms with Crippen molar-refractivity contribution in [2.24, 2.45) is 0 Å². The summed E-state index contributed by atoms with van der Waals surface area (Å²) in [7, 11) is 3.14. The molecule has 2 aromatic heterocycles. The van der Waals surface area contributed by atoms with Gasteiger partial charge in [0.05, 0.1) is 14.2 Å². The minimum atomic E-state index is -0.198. The van der Waals surface area contributed by atoms with E-state index < -0.39 is 0 Å². The van der Waals surface area contributed by atoms with E-state index in [1.807, 2.05) is 24.3 Å². The fraction of sp³-hybridized carbons (Fsp3) is 0.222. The number of methoxy groups -OCH3 is 2. The van der Waals surface area contributed by atoms with Gasteiger partial charge >= 0.3 is 0 Å². The summed E-state index contributed by atoms with van der Waals surface area (Å²) < 4.78 is 12.6. The maximum Gasteiger partial charge on any atom is 0.227 e. The summed E-state index contributed by atoms with van der Waals surface area (Å²) in [4.78, 5) is 16.4. The summed E-state index contributed by atoms with van der Waals surface area (Å²) in [5.41, 5.74) is 0.870. The van der Waals surface area contributed by atoms with Gasteiger partial charge in [0.2, 0.25) is 5.91 Å². The quantitative estimate of drug-likeness (QED) is 0.607. The molecule has 3 rings (SSSR count). The summed E-state index contributed by atoms with van der Waals surface area (Å²) in [6.07, 6.45) is 1.79. The number of benzene rings is 1. The lowest BCUT2D eigenvalue weighted by atomic mass is 10.2. The first-order valence-electron chi connectivity index (χ1n) is 8.21. The predicted octanol–water partition coefficient (Wildman–Crippen LogP) is 3.05. The van der Waals surface area contributed by atoms with Crippen LogP contribution >= 0.6 is 12.2 Å². The first kappa shape index (κ1) is 18.6. The third kappa shape index (κ3) is 4.32. The molecule has 0 saturated heterocycles. The monoisotopic (exact) mass is 385 g/mol. The lowest BCUT2D eigenvalue weighted by molar-refractivity contribution is -0.116. The number of H-pyrrole nitrogens is 1. The van der Waals surface area contributed by atoms with Gasteiger partial charge in [0.15, 0.2) is 22.2 Å². The number of aromatic nitrogens is 4. The number of hydrogen-bond acceptors (Lipinski definition) is 6. The average Bonchev–Trinajstić information content (AvgIpc) is 3.07. The molecule has 9 heteroatoms. The number of nitrogens with one attached hydrogen (secondary N) is 2. The highest BCUT2D eigenvalue weighted by molar-refractivity contribution is 7.71. The van der Waals surface area contributed by atoms with Crippen LogP contribution in [0.2, 0.25) is 0 Å². The van der Waals surface area contributed by atoms with E-state index in [2.05, 4.69) is 20.5 Å². The second-order valence-electron chi connectivity index (χ2n) is 5.58. The molecule has 0 radical (unpaired) electrons. The second kappa shape index (κ2) is 8.45. The van der Waals surface area contributed by atoms with E-state index in [1.165, 1.54) is 7.11 Å². The summed E-state index contributed by atoms with van der Waals surface area (Å²) in [6, 6.07) is 10.9. The Morgan fingerprint density at radius 3 is 2.70 bits per heavy atom. The maximum absolute atomic E-state index is 12.3. The standard InChI is InChI=1S/C18H19N5O3S/c1-25-13-7-5-12(6-8-13)17-21-22-18(27)23(17)11-9-15(24)20-16-14(26-2)4-3-10-19-16/h3-8,10H,9,11H2,1-2H3,(H,22,27)(H,19,20,24). The molecule has 3 aromatic rings. The SMILES string of the molecule is COc1ccc(-c2n[nH]c(=S)n2CCC(=O)Nc2ncccc2OC)cc1. The lowest BCUT2D eigenvalue weighted by Crippen LogP contribution is -2.16. The van der Waals surface area contributed by atoms with Crippen molar-refractivity contribution in [2.45, 2.75) is 13.0 Å². The molecule has 140 valence electrons. The Bertz CT molecular complexity index is 981. The van der Waals surface area contributed by atoms with Gasteiger partial charge in [-0.2, -0.15) is 5.10 Å². The average molecular weight is 385 g/mol. The molecule has 2 N–H and O–H groups in total. The van der Waals surface area contributed by atoms with Crippen LogP contribution in [0.5, 0.6) is 11.5 Å². The zero-order valence-electron chi connectivity index (χ0n) is 14.9. The van der Waals surface area contributed by atoms with E-state index in [4.69, 9.17) is 21.7 Å². The molecule has 0 bridgehead atoms. The van der Waals surface area contributed by atoms with E-state index in [1.54, 1.807) is 30.0 Å². The van der Waals surface area contributed by atoms with Crippen LogP contribution in [0.15, 0.2) is 42.6 Å². The van der Waals surface area contributed by atoms with E-state index in [-0.39, 0.29) is 12.3 Å². The van der Waals surface area contributed by atoms with Gasteiger partial charge in [-0.1, -0.05) is 0 Å². The van der Waals surface area contributed by atoms with Gasteiger partial charge in [-0.25, -0.2) is 4.98 Å². The van der Waals surface area contributed by atoms with Crippen molar-refractivity contribution in [3.05, 3.63) is 47.4 Å². The molecule has 0 aliphatic rings. The topological polar surface area (TPSA) is 94.1 Å². The molecule has 0 unspecified atom stereocenters. The molecule has 0 fully saturated rings. The number of carbonyl (C=O) groups excluding carboxylic acids is 1. The molecule has 1 amide bonds. The first-order chi connectivity index (χ1) is 13.1. The minimum Gasteiger partial charge on any atom is -0.497 e. The highest BCUT2D eigenvalue weighted by atomic mass is 32.1. The number of pyridine rings is 1. The van der Waals surface area contributed by atoms with Crippen LogP contribution in [-0.4, -0.2) is 39.9 Å². The lowest BCUT2D eigenvalue weighted by Gasteiger charge is -2.10. The number of carbonyl (C=O) groups is 1. The normalized spacial score (nSPS) is 10.4. The van der Waals surface area contributed by atoms with Crippen LogP contribution in [0, 0.1) is 4.77 Å². The molecule has 27 heavy (non-hydrogen) atoms. The number of amides is 1. The van der Waals surface area contributed by atoms with E-state index in [9.17, 15) is 4.79 Å². The molecular formula is C18H19N5O3S. The Kier molecular flexibility index (Phi) is 5.82. The Morgan fingerprint density at radius 2 is 2.00 bits per heavy atom. The summed E-state index contributed by atoms with van der Waals surface area (Å²) >= 11 is 5.30. The zero-order chi connectivity index (χ0) is 19.2. The third-order valence-electron chi connectivity index (χ3n) is 3.92. The van der Waals surface area contributed by atoms with Crippen molar-refractivity contribution in [2.75, 3.05) is 19.5 Å². The van der Waals surface area contributed by atoms with E-state index in [0.717, 1.165) is 11.3 Å². The van der Waals surface area contributed by atoms with Gasteiger partial charge < -0.3 is 14.8 Å². The van der Waals surface area contributed by atoms with Crippen LogP contribution in [0.4, 0.5) is 5.82 Å². The minimum absolute atomic E-state index is 0.198. The van der Waals surface area contributed by atoms with Crippen LogP contribution in [0.25, 0.3) is 11.4 Å². The van der Waals surface area contributed by atoms with Crippen molar-refractivity contribution in [1.82, 2.24) is 19.7 Å². The molecule has 0 atom stereocenters. The number of anilines is 1. The Hall–Kier alpha value is -3.20. The van der Waals surface area contributed by atoms with Crippen molar-refractivity contribution < 1.29 is 14.3 Å². The number of rotatable bonds is 7. The van der Waals surface area contributed by atoms with Crippen LogP contribution < -0.4 is 14.8 Å². The number of aromatic amines is 1. The number of ether oxygens (including phenoxy) is 2. The zero-order valence-corrected chi connectivity index (χ0v) is 15.7. The fourth-order valence-corrected chi connectivity index (χ4v) is 2.77. The van der Waals surface area contributed by atoms with E-state index >= 15 is 0 Å². The smallest absolute Gasteiger partial charge is 0.227 e. The molecule has 0 spiro atoms. The van der Waals surface area contributed by atoms with Gasteiger partial charge in [0.25, 0.3) is 0 Å². The molecule has 0 aliphatic heterocycles. The Morgan fingerprint density at radius 1 is 1.22 bits per heavy atom. The van der Waals surface area contributed by atoms with E-state index in [0.29, 0.717) is 28.7 Å². The molecular weight excluding hydrogens is 366 g/mol. The molecule has 0 aliphatic carbocycles. The maximum atomic E-state index is 12.3. The third-order valence-corrected chi connectivity index (χ3v) is 4.23. The van der Waals surface area contributed by atoms with Gasteiger partial charge in [-0.15, -0.1) is 0 Å². The largest absolute Gasteiger partial charge is 0.497 e. The van der Waals surface area contributed by atoms with Crippen molar-refractivity contribution in [3.63, 3.8) is 0 Å². The second-order valence-corrected chi connectivity index (χ2v) is 5.97. The summed E-state index contributed by atoms with van der Waals surface area (Å²) in [5.74, 6) is 2.10. The summed E-state index contributed by atoms with van der Waals surface area (Å²) in [6.45, 7) is 0.373. The van der Waals surface area contributed by atoms with Crippen molar-refractivity contribution in [3.8, 4) is 22.9 Å². The van der Waals surface area contributed by atoms with Gasteiger partial charge in [0, 0.05) is 24.7 Å². The van der Waals surface area contributed by atoms with Gasteiger partial charge in [-0.05, 0) is 48.6 Å². The molecule has 2 heterocycles. The van der Waals surface area contributed by atoms with Crippen LogP contribution in [-0.2, 0) is 11.3 Å². The van der Waals surface area contributed by atoms with Crippen LogP contribution in [0.3, 0.4) is 0 Å². The van der Waals surface area contributed by atoms with Crippen LogP contribution in [0.1, 0.15) is 6.42 Å². The Labute approximate surface area is 161 Å². The predicted molar refractivity (Wildman–Crippen MR) is 103 cm³/mol. The number of hydrogen-bond donors (Lipinski definition) is 2.